The summed E-state index contributed by atoms with van der Waals surface area (Å²) in [6, 6.07) is 3.84. The normalized spacial score (nSPS) is 14.2. The summed E-state index contributed by atoms with van der Waals surface area (Å²) in [7, 11) is 0. The van der Waals surface area contributed by atoms with Crippen LogP contribution in [0, 0.1) is 0 Å². The molecule has 1 aliphatic rings. The van der Waals surface area contributed by atoms with E-state index in [4.69, 9.17) is 15.2 Å². The second kappa shape index (κ2) is 4.46. The minimum Gasteiger partial charge on any atom is -0.486 e. The highest BCUT2D eigenvalue weighted by atomic mass is 32.2. The summed E-state index contributed by atoms with van der Waals surface area (Å²) in [4.78, 5) is 7.72. The molecule has 90 valence electrons. The van der Waals surface area contributed by atoms with Crippen LogP contribution in [-0.4, -0.2) is 35.5 Å². The molecule has 17 heavy (non-hydrogen) atoms. The third-order valence-electron chi connectivity index (χ3n) is 2.48. The first-order chi connectivity index (χ1) is 8.36. The minimum absolute atomic E-state index is 0.595. The zero-order valence-corrected chi connectivity index (χ0v) is 10.0. The molecule has 1 aliphatic heterocycles. The van der Waals surface area contributed by atoms with E-state index in [9.17, 15) is 0 Å². The first kappa shape index (κ1) is 10.7. The monoisotopic (exact) mass is 251 g/mol. The number of imidazole rings is 1. The molecule has 0 saturated heterocycles. The number of benzene rings is 1. The van der Waals surface area contributed by atoms with E-state index in [2.05, 4.69) is 9.97 Å². The van der Waals surface area contributed by atoms with Gasteiger partial charge in [0.1, 0.15) is 13.2 Å². The Hall–Kier alpha value is -1.40. The molecule has 6 heteroatoms. The van der Waals surface area contributed by atoms with Crippen molar-refractivity contribution in [2.45, 2.75) is 5.16 Å². The molecule has 0 bridgehead atoms. The van der Waals surface area contributed by atoms with Crippen molar-refractivity contribution in [1.82, 2.24) is 9.97 Å². The summed E-state index contributed by atoms with van der Waals surface area (Å²) in [5, 5.41) is 0.882. The average Bonchev–Trinajstić information content (AvgIpc) is 2.75. The molecule has 0 atom stereocenters. The van der Waals surface area contributed by atoms with E-state index < -0.39 is 0 Å². The fourth-order valence-corrected chi connectivity index (χ4v) is 2.40. The molecule has 0 amide bonds. The van der Waals surface area contributed by atoms with E-state index in [0.717, 1.165) is 33.4 Å². The van der Waals surface area contributed by atoms with Gasteiger partial charge in [-0.15, -0.1) is 0 Å². The van der Waals surface area contributed by atoms with E-state index >= 15 is 0 Å². The Balaban J connectivity index is 1.98. The molecule has 1 aromatic heterocycles. The van der Waals surface area contributed by atoms with Gasteiger partial charge in [0.2, 0.25) is 0 Å². The maximum absolute atomic E-state index is 5.52. The topological polar surface area (TPSA) is 73.2 Å². The Labute approximate surface area is 103 Å². The summed E-state index contributed by atoms with van der Waals surface area (Å²) in [6.07, 6.45) is 0. The maximum atomic E-state index is 5.52. The van der Waals surface area contributed by atoms with Crippen LogP contribution in [0.5, 0.6) is 11.5 Å². The number of nitrogens with two attached hydrogens (primary N) is 1. The molecule has 2 heterocycles. The van der Waals surface area contributed by atoms with E-state index in [1.807, 2.05) is 12.1 Å². The third kappa shape index (κ3) is 2.05. The molecule has 0 radical (unpaired) electrons. The number of nitrogens with zero attached hydrogens (tertiary/aromatic N) is 1. The lowest BCUT2D eigenvalue weighted by atomic mass is 10.2. The average molecular weight is 251 g/mol. The van der Waals surface area contributed by atoms with Crippen LogP contribution in [0.3, 0.4) is 0 Å². The van der Waals surface area contributed by atoms with Crippen LogP contribution in [0.4, 0.5) is 0 Å². The molecule has 1 aromatic carbocycles. The van der Waals surface area contributed by atoms with Crippen LogP contribution >= 0.6 is 11.8 Å². The minimum atomic E-state index is 0.595. The van der Waals surface area contributed by atoms with Crippen molar-refractivity contribution in [3.05, 3.63) is 12.1 Å². The van der Waals surface area contributed by atoms with Gasteiger partial charge in [-0.1, -0.05) is 11.8 Å². The molecule has 2 aromatic rings. The largest absolute Gasteiger partial charge is 0.486 e. The summed E-state index contributed by atoms with van der Waals surface area (Å²) < 4.78 is 11.0. The third-order valence-corrected chi connectivity index (χ3v) is 3.39. The summed E-state index contributed by atoms with van der Waals surface area (Å²) >= 11 is 1.62. The summed E-state index contributed by atoms with van der Waals surface area (Å²) in [5.74, 6) is 2.40. The molecule has 0 fully saturated rings. The lowest BCUT2D eigenvalue weighted by Gasteiger charge is -2.17. The van der Waals surface area contributed by atoms with Gasteiger partial charge in [0, 0.05) is 24.4 Å². The van der Waals surface area contributed by atoms with Crippen molar-refractivity contribution in [2.75, 3.05) is 25.5 Å². The van der Waals surface area contributed by atoms with Gasteiger partial charge in [0.25, 0.3) is 0 Å². The Morgan fingerprint density at radius 1 is 1.29 bits per heavy atom. The Morgan fingerprint density at radius 3 is 2.82 bits per heavy atom. The molecular formula is C11H13N3O2S. The predicted octanol–water partition coefficient (Wildman–Crippen LogP) is 1.38. The number of thioether (sulfide) groups is 1. The van der Waals surface area contributed by atoms with Gasteiger partial charge in [0.15, 0.2) is 16.7 Å². The highest BCUT2D eigenvalue weighted by molar-refractivity contribution is 7.99. The summed E-state index contributed by atoms with van der Waals surface area (Å²) in [6.45, 7) is 1.84. The highest BCUT2D eigenvalue weighted by Gasteiger charge is 2.14. The van der Waals surface area contributed by atoms with Crippen LogP contribution in [0.1, 0.15) is 0 Å². The standard InChI is InChI=1S/C11H13N3O2S/c12-1-4-17-11-13-7-5-9-10(6-8(7)14-11)16-3-2-15-9/h5-6H,1-4,12H2,(H,13,14). The van der Waals surface area contributed by atoms with Gasteiger partial charge in [0.05, 0.1) is 11.0 Å². The van der Waals surface area contributed by atoms with Crippen LogP contribution in [0.25, 0.3) is 11.0 Å². The number of aromatic amines is 1. The molecule has 0 aliphatic carbocycles. The first-order valence-corrected chi connectivity index (χ1v) is 6.47. The van der Waals surface area contributed by atoms with Crippen molar-refractivity contribution < 1.29 is 9.47 Å². The molecule has 0 unspecified atom stereocenters. The van der Waals surface area contributed by atoms with Gasteiger partial charge in [-0.25, -0.2) is 4.98 Å². The van der Waals surface area contributed by atoms with Gasteiger partial charge < -0.3 is 20.2 Å². The summed E-state index contributed by atoms with van der Waals surface area (Å²) in [5.41, 5.74) is 7.33. The van der Waals surface area contributed by atoms with Crippen LogP contribution in [-0.2, 0) is 0 Å². The highest BCUT2D eigenvalue weighted by Crippen LogP contribution is 2.34. The van der Waals surface area contributed by atoms with E-state index in [-0.39, 0.29) is 0 Å². The number of nitrogens with one attached hydrogen (secondary N) is 1. The van der Waals surface area contributed by atoms with Crippen LogP contribution < -0.4 is 15.2 Å². The smallest absolute Gasteiger partial charge is 0.166 e. The zero-order valence-electron chi connectivity index (χ0n) is 9.23. The Bertz CT molecular complexity index is 498. The van der Waals surface area contributed by atoms with Gasteiger partial charge in [-0.2, -0.15) is 0 Å². The first-order valence-electron chi connectivity index (χ1n) is 5.49. The van der Waals surface area contributed by atoms with E-state index in [1.165, 1.54) is 0 Å². The van der Waals surface area contributed by atoms with Crippen molar-refractivity contribution in [1.29, 1.82) is 0 Å². The molecule has 3 rings (SSSR count). The quantitative estimate of drug-likeness (QED) is 0.806. The van der Waals surface area contributed by atoms with Crippen LogP contribution in [0.2, 0.25) is 0 Å². The van der Waals surface area contributed by atoms with E-state index in [0.29, 0.717) is 19.8 Å². The molecule has 0 spiro atoms. The number of ether oxygens (including phenoxy) is 2. The van der Waals surface area contributed by atoms with Gasteiger partial charge in [-0.3, -0.25) is 0 Å². The number of aromatic nitrogens is 2. The van der Waals surface area contributed by atoms with Crippen LogP contribution in [0.15, 0.2) is 17.3 Å². The van der Waals surface area contributed by atoms with Crippen molar-refractivity contribution >= 4 is 22.8 Å². The number of fused-ring (bicyclic) bond motifs is 2. The lowest BCUT2D eigenvalue weighted by Crippen LogP contribution is -2.15. The fraction of sp³-hybridized carbons (Fsp3) is 0.364. The fourth-order valence-electron chi connectivity index (χ4n) is 1.75. The second-order valence-electron chi connectivity index (χ2n) is 3.69. The maximum Gasteiger partial charge on any atom is 0.166 e. The number of hydrogen-bond acceptors (Lipinski definition) is 5. The van der Waals surface area contributed by atoms with Crippen molar-refractivity contribution in [3.8, 4) is 11.5 Å². The Morgan fingerprint density at radius 2 is 2.06 bits per heavy atom. The van der Waals surface area contributed by atoms with Crippen molar-refractivity contribution in [2.24, 2.45) is 5.73 Å². The lowest BCUT2D eigenvalue weighted by molar-refractivity contribution is 0.172. The molecule has 5 nitrogen and oxygen atoms in total. The van der Waals surface area contributed by atoms with E-state index in [1.54, 1.807) is 11.8 Å². The molecule has 0 saturated carbocycles. The molecule has 3 N–H and O–H groups in total. The molecular weight excluding hydrogens is 238 g/mol. The number of H-pyrrole nitrogens is 1. The Kier molecular flexibility index (Phi) is 2.82. The predicted molar refractivity (Wildman–Crippen MR) is 66.9 cm³/mol. The van der Waals surface area contributed by atoms with Crippen molar-refractivity contribution in [3.63, 3.8) is 0 Å². The second-order valence-corrected chi connectivity index (χ2v) is 4.78. The van der Waals surface area contributed by atoms with Gasteiger partial charge >= 0.3 is 0 Å². The number of rotatable bonds is 3. The zero-order chi connectivity index (χ0) is 11.7. The number of hydrogen-bond donors (Lipinski definition) is 2. The van der Waals surface area contributed by atoms with Gasteiger partial charge in [-0.05, 0) is 0 Å². The SMILES string of the molecule is NCCSc1nc2cc3c(cc2[nH]1)OCCO3.